The molecule has 3 nitrogen and oxygen atoms in total. The van der Waals surface area contributed by atoms with Crippen molar-refractivity contribution in [1.29, 1.82) is 0 Å². The van der Waals surface area contributed by atoms with E-state index in [1.165, 1.54) is 22.5 Å². The van der Waals surface area contributed by atoms with Crippen molar-refractivity contribution in [3.63, 3.8) is 0 Å². The van der Waals surface area contributed by atoms with E-state index in [4.69, 9.17) is 4.98 Å². The highest BCUT2D eigenvalue weighted by Gasteiger charge is 2.31. The lowest BCUT2D eigenvalue weighted by Gasteiger charge is -2.32. The SMILES string of the molecule is CC1(c2nc3cnccc3s2)CCCNC1. The van der Waals surface area contributed by atoms with Gasteiger partial charge in [0.2, 0.25) is 0 Å². The van der Waals surface area contributed by atoms with E-state index in [1.807, 2.05) is 23.7 Å². The second-order valence-electron chi connectivity index (χ2n) is 4.70. The van der Waals surface area contributed by atoms with Crippen molar-refractivity contribution in [2.24, 2.45) is 0 Å². The maximum atomic E-state index is 4.72. The third-order valence-corrected chi connectivity index (χ3v) is 4.65. The Bertz CT molecular complexity index is 467. The third-order valence-electron chi connectivity index (χ3n) is 3.30. The molecular formula is C12H15N3S. The van der Waals surface area contributed by atoms with Gasteiger partial charge in [-0.25, -0.2) is 4.98 Å². The smallest absolute Gasteiger partial charge is 0.101 e. The van der Waals surface area contributed by atoms with Crippen LogP contribution in [0.1, 0.15) is 24.8 Å². The summed E-state index contributed by atoms with van der Waals surface area (Å²) in [5, 5.41) is 4.72. The molecule has 0 radical (unpaired) electrons. The second-order valence-corrected chi connectivity index (χ2v) is 5.73. The van der Waals surface area contributed by atoms with Crippen molar-refractivity contribution in [3.8, 4) is 0 Å². The van der Waals surface area contributed by atoms with Gasteiger partial charge in [0.05, 0.1) is 16.4 Å². The van der Waals surface area contributed by atoms with E-state index in [0.717, 1.165) is 18.6 Å². The van der Waals surface area contributed by atoms with Gasteiger partial charge in [-0.05, 0) is 25.5 Å². The molecule has 1 N–H and O–H groups in total. The summed E-state index contributed by atoms with van der Waals surface area (Å²) < 4.78 is 1.25. The van der Waals surface area contributed by atoms with Crippen LogP contribution in [0.4, 0.5) is 0 Å². The van der Waals surface area contributed by atoms with E-state index in [1.54, 1.807) is 0 Å². The molecule has 84 valence electrons. The minimum absolute atomic E-state index is 0.210. The van der Waals surface area contributed by atoms with E-state index in [9.17, 15) is 0 Å². The van der Waals surface area contributed by atoms with Crippen LogP contribution in [0.25, 0.3) is 10.2 Å². The zero-order chi connectivity index (χ0) is 11.0. The number of fused-ring (bicyclic) bond motifs is 1. The summed E-state index contributed by atoms with van der Waals surface area (Å²) in [6.45, 7) is 4.49. The summed E-state index contributed by atoms with van der Waals surface area (Å²) in [7, 11) is 0. The topological polar surface area (TPSA) is 37.8 Å². The van der Waals surface area contributed by atoms with Crippen molar-refractivity contribution in [3.05, 3.63) is 23.5 Å². The molecule has 0 saturated carbocycles. The number of piperidine rings is 1. The largest absolute Gasteiger partial charge is 0.316 e. The first-order valence-corrected chi connectivity index (χ1v) is 6.51. The summed E-state index contributed by atoms with van der Waals surface area (Å²) in [5.41, 5.74) is 1.25. The van der Waals surface area contributed by atoms with Gasteiger partial charge in [-0.1, -0.05) is 6.92 Å². The van der Waals surface area contributed by atoms with Crippen molar-refractivity contribution in [2.45, 2.75) is 25.2 Å². The molecule has 1 saturated heterocycles. The first kappa shape index (κ1) is 10.2. The number of pyridine rings is 1. The Morgan fingerprint density at radius 3 is 3.19 bits per heavy atom. The molecule has 3 heterocycles. The number of hydrogen-bond donors (Lipinski definition) is 1. The van der Waals surface area contributed by atoms with Gasteiger partial charge in [0.15, 0.2) is 0 Å². The zero-order valence-electron chi connectivity index (χ0n) is 9.36. The molecule has 3 rings (SSSR count). The number of nitrogens with one attached hydrogen (secondary N) is 1. The lowest BCUT2D eigenvalue weighted by Crippen LogP contribution is -2.40. The normalized spacial score (nSPS) is 26.1. The number of hydrogen-bond acceptors (Lipinski definition) is 4. The fraction of sp³-hybridized carbons (Fsp3) is 0.500. The summed E-state index contributed by atoms with van der Waals surface area (Å²) in [6.07, 6.45) is 6.17. The molecule has 1 unspecified atom stereocenters. The lowest BCUT2D eigenvalue weighted by atomic mass is 9.83. The number of thiazole rings is 1. The highest BCUT2D eigenvalue weighted by molar-refractivity contribution is 7.18. The Morgan fingerprint density at radius 2 is 2.44 bits per heavy atom. The molecule has 0 aliphatic carbocycles. The average molecular weight is 233 g/mol. The van der Waals surface area contributed by atoms with Crippen molar-refractivity contribution < 1.29 is 0 Å². The second kappa shape index (κ2) is 3.79. The van der Waals surface area contributed by atoms with Gasteiger partial charge < -0.3 is 5.32 Å². The fourth-order valence-corrected chi connectivity index (χ4v) is 3.38. The molecule has 1 aliphatic heterocycles. The molecule has 1 fully saturated rings. The monoisotopic (exact) mass is 233 g/mol. The Labute approximate surface area is 98.9 Å². The van der Waals surface area contributed by atoms with Gasteiger partial charge >= 0.3 is 0 Å². The van der Waals surface area contributed by atoms with Crippen molar-refractivity contribution in [1.82, 2.24) is 15.3 Å². The van der Waals surface area contributed by atoms with Crippen LogP contribution < -0.4 is 5.32 Å². The highest BCUT2D eigenvalue weighted by Crippen LogP contribution is 2.35. The van der Waals surface area contributed by atoms with Crippen LogP contribution >= 0.6 is 11.3 Å². The Kier molecular flexibility index (Phi) is 2.41. The molecule has 0 amide bonds. The Balaban J connectivity index is 2.04. The summed E-state index contributed by atoms with van der Waals surface area (Å²) in [6, 6.07) is 2.05. The van der Waals surface area contributed by atoms with Crippen LogP contribution in [-0.2, 0) is 5.41 Å². The molecule has 16 heavy (non-hydrogen) atoms. The predicted molar refractivity (Wildman–Crippen MR) is 66.9 cm³/mol. The standard InChI is InChI=1S/C12H15N3S/c1-12(4-2-5-14-8-12)11-15-9-7-13-6-3-10(9)16-11/h3,6-7,14H,2,4-5,8H2,1H3. The minimum atomic E-state index is 0.210. The molecule has 1 aliphatic rings. The number of aromatic nitrogens is 2. The quantitative estimate of drug-likeness (QED) is 0.821. The van der Waals surface area contributed by atoms with Gasteiger partial charge in [0.1, 0.15) is 5.01 Å². The van der Waals surface area contributed by atoms with Crippen LogP contribution in [0.2, 0.25) is 0 Å². The third kappa shape index (κ3) is 1.62. The molecule has 4 heteroatoms. The molecule has 1 atom stereocenters. The van der Waals surface area contributed by atoms with Crippen LogP contribution in [-0.4, -0.2) is 23.1 Å². The van der Waals surface area contributed by atoms with Crippen LogP contribution in [0.15, 0.2) is 18.5 Å². The van der Waals surface area contributed by atoms with Crippen LogP contribution in [0.3, 0.4) is 0 Å². The van der Waals surface area contributed by atoms with Crippen LogP contribution in [0.5, 0.6) is 0 Å². The minimum Gasteiger partial charge on any atom is -0.316 e. The van der Waals surface area contributed by atoms with Gasteiger partial charge in [0.25, 0.3) is 0 Å². The van der Waals surface area contributed by atoms with Gasteiger partial charge in [-0.3, -0.25) is 4.98 Å². The zero-order valence-corrected chi connectivity index (χ0v) is 10.2. The highest BCUT2D eigenvalue weighted by atomic mass is 32.1. The van der Waals surface area contributed by atoms with E-state index in [0.29, 0.717) is 0 Å². The maximum absolute atomic E-state index is 4.72. The van der Waals surface area contributed by atoms with Gasteiger partial charge in [-0.2, -0.15) is 0 Å². The molecular weight excluding hydrogens is 218 g/mol. The average Bonchev–Trinajstić information content (AvgIpc) is 2.74. The van der Waals surface area contributed by atoms with E-state index >= 15 is 0 Å². The lowest BCUT2D eigenvalue weighted by molar-refractivity contribution is 0.339. The van der Waals surface area contributed by atoms with E-state index < -0.39 is 0 Å². The van der Waals surface area contributed by atoms with E-state index in [2.05, 4.69) is 23.3 Å². The summed E-state index contributed by atoms with van der Waals surface area (Å²) in [5.74, 6) is 0. The van der Waals surface area contributed by atoms with Crippen molar-refractivity contribution in [2.75, 3.05) is 13.1 Å². The molecule has 0 aromatic carbocycles. The summed E-state index contributed by atoms with van der Waals surface area (Å²) in [4.78, 5) is 8.85. The first-order valence-electron chi connectivity index (χ1n) is 5.70. The predicted octanol–water partition coefficient (Wildman–Crippen LogP) is 2.33. The number of nitrogens with zero attached hydrogens (tertiary/aromatic N) is 2. The summed E-state index contributed by atoms with van der Waals surface area (Å²) >= 11 is 1.81. The molecule has 2 aromatic heterocycles. The van der Waals surface area contributed by atoms with Crippen LogP contribution in [0, 0.1) is 0 Å². The first-order chi connectivity index (χ1) is 7.78. The molecule has 0 bridgehead atoms. The van der Waals surface area contributed by atoms with Gasteiger partial charge in [0, 0.05) is 18.2 Å². The fourth-order valence-electron chi connectivity index (χ4n) is 2.28. The molecule has 0 spiro atoms. The molecule has 2 aromatic rings. The maximum Gasteiger partial charge on any atom is 0.101 e. The van der Waals surface area contributed by atoms with Crippen molar-refractivity contribution >= 4 is 21.6 Å². The Hall–Kier alpha value is -1.00. The number of rotatable bonds is 1. The Morgan fingerprint density at radius 1 is 1.50 bits per heavy atom. The van der Waals surface area contributed by atoms with Gasteiger partial charge in [-0.15, -0.1) is 11.3 Å². The van der Waals surface area contributed by atoms with E-state index in [-0.39, 0.29) is 5.41 Å².